The number of hydrogen-bond donors (Lipinski definition) is 5. The lowest BCUT2D eigenvalue weighted by Crippen LogP contribution is -2.37. The normalized spacial score (nSPS) is 13.0. The molecule has 0 bridgehead atoms. The molecule has 0 amide bonds. The second kappa shape index (κ2) is 7.69. The first kappa shape index (κ1) is 16.1. The zero-order valence-corrected chi connectivity index (χ0v) is 13.6. The Kier molecular flexibility index (Phi) is 5.64. The van der Waals surface area contributed by atoms with Crippen molar-refractivity contribution >= 4 is 34.4 Å². The summed E-state index contributed by atoms with van der Waals surface area (Å²) in [7, 11) is 1.74. The van der Waals surface area contributed by atoms with Gasteiger partial charge in [0.1, 0.15) is 0 Å². The van der Waals surface area contributed by atoms with E-state index in [9.17, 15) is 0 Å². The van der Waals surface area contributed by atoms with Gasteiger partial charge in [-0.05, 0) is 12.2 Å². The van der Waals surface area contributed by atoms with Crippen LogP contribution in [0.2, 0.25) is 0 Å². The Morgan fingerprint density at radius 3 is 2.86 bits per heavy atom. The van der Waals surface area contributed by atoms with Crippen molar-refractivity contribution in [3.05, 3.63) is 30.5 Å². The third-order valence-corrected chi connectivity index (χ3v) is 3.06. The number of hydrazine groups is 2. The van der Waals surface area contributed by atoms with Crippen LogP contribution >= 0.6 is 12.2 Å². The summed E-state index contributed by atoms with van der Waals surface area (Å²) in [6.07, 6.45) is 7.32. The third kappa shape index (κ3) is 3.32. The second-order valence-electron chi connectivity index (χ2n) is 4.11. The van der Waals surface area contributed by atoms with Gasteiger partial charge in [-0.2, -0.15) is 0 Å². The van der Waals surface area contributed by atoms with E-state index < -0.39 is 0 Å². The molecular formula is C13H20N8S. The maximum Gasteiger partial charge on any atom is 0.186 e. The van der Waals surface area contributed by atoms with Gasteiger partial charge in [-0.15, -0.1) is 0 Å². The Labute approximate surface area is 134 Å². The molecule has 0 radical (unpaired) electrons. The molecule has 0 aromatic carbocycles. The Morgan fingerprint density at radius 2 is 2.18 bits per heavy atom. The molecule has 0 saturated heterocycles. The number of imidazole rings is 1. The Bertz CT molecular complexity index is 678. The molecule has 8 nitrogen and oxygen atoms in total. The quantitative estimate of drug-likeness (QED) is 0.415. The molecule has 2 aromatic rings. The Morgan fingerprint density at radius 1 is 1.36 bits per heavy atom. The molecule has 9 heteroatoms. The first-order valence-electron chi connectivity index (χ1n) is 7.03. The molecule has 1 aliphatic rings. The smallest absolute Gasteiger partial charge is 0.186 e. The minimum absolute atomic E-state index is 0.432. The van der Waals surface area contributed by atoms with E-state index in [0.717, 1.165) is 23.5 Å². The topological polar surface area (TPSA) is 90.3 Å². The van der Waals surface area contributed by atoms with Gasteiger partial charge in [-0.3, -0.25) is 9.83 Å². The van der Waals surface area contributed by atoms with Crippen LogP contribution in [0.25, 0.3) is 11.2 Å². The highest BCUT2D eigenvalue weighted by Gasteiger charge is 2.14. The van der Waals surface area contributed by atoms with Gasteiger partial charge in [0.2, 0.25) is 0 Å². The molecular weight excluding hydrogens is 300 g/mol. The van der Waals surface area contributed by atoms with Gasteiger partial charge in [0.15, 0.2) is 16.6 Å². The van der Waals surface area contributed by atoms with E-state index in [0.29, 0.717) is 10.9 Å². The molecule has 0 atom stereocenters. The van der Waals surface area contributed by atoms with Crippen LogP contribution in [0.3, 0.4) is 0 Å². The number of nitrogens with zero attached hydrogens (tertiary/aromatic N) is 3. The summed E-state index contributed by atoms with van der Waals surface area (Å²) in [4.78, 5) is 8.68. The Hall–Kier alpha value is -2.23. The number of anilines is 1. The number of fused-ring (bicyclic) bond motifs is 1. The summed E-state index contributed by atoms with van der Waals surface area (Å²) in [6, 6.07) is 0. The van der Waals surface area contributed by atoms with Gasteiger partial charge < -0.3 is 10.7 Å². The molecule has 2 aromatic heterocycles. The van der Waals surface area contributed by atoms with Crippen LogP contribution in [0, 0.1) is 0 Å². The first-order chi connectivity index (χ1) is 10.8. The number of thiocarbonyl (C=S) groups is 1. The van der Waals surface area contributed by atoms with Crippen LogP contribution in [0.15, 0.2) is 24.8 Å². The fraction of sp³-hybridized carbons (Fsp3) is 0.308. The molecule has 0 saturated carbocycles. The second-order valence-corrected chi connectivity index (χ2v) is 4.52. The van der Waals surface area contributed by atoms with Crippen molar-refractivity contribution in [1.29, 1.82) is 0 Å². The first-order valence-corrected chi connectivity index (χ1v) is 7.44. The lowest BCUT2D eigenvalue weighted by Gasteiger charge is -2.09. The van der Waals surface area contributed by atoms with E-state index in [1.165, 1.54) is 0 Å². The van der Waals surface area contributed by atoms with Crippen molar-refractivity contribution in [2.75, 3.05) is 18.9 Å². The predicted molar refractivity (Wildman–Crippen MR) is 91.9 cm³/mol. The average molecular weight is 320 g/mol. The Balaban J connectivity index is 0.000000847. The molecule has 1 aliphatic heterocycles. The van der Waals surface area contributed by atoms with E-state index >= 15 is 0 Å². The van der Waals surface area contributed by atoms with E-state index in [-0.39, 0.29) is 0 Å². The van der Waals surface area contributed by atoms with E-state index in [1.807, 2.05) is 36.8 Å². The molecule has 0 spiro atoms. The fourth-order valence-corrected chi connectivity index (χ4v) is 2.20. The largest absolute Gasteiger partial charge is 0.328 e. The van der Waals surface area contributed by atoms with Crippen LogP contribution in [-0.4, -0.2) is 33.1 Å². The highest BCUT2D eigenvalue weighted by Crippen LogP contribution is 2.20. The van der Waals surface area contributed by atoms with Crippen molar-refractivity contribution in [3.63, 3.8) is 0 Å². The number of hydrogen-bond acceptors (Lipinski definition) is 6. The molecule has 118 valence electrons. The van der Waals surface area contributed by atoms with E-state index in [4.69, 9.17) is 12.2 Å². The fourth-order valence-electron chi connectivity index (χ4n) is 2.00. The minimum atomic E-state index is 0.432. The van der Waals surface area contributed by atoms with Crippen molar-refractivity contribution in [1.82, 2.24) is 36.1 Å². The monoisotopic (exact) mass is 320 g/mol. The van der Waals surface area contributed by atoms with Crippen molar-refractivity contribution in [2.24, 2.45) is 0 Å². The average Bonchev–Trinajstić information content (AvgIpc) is 3.19. The molecule has 0 fully saturated rings. The lowest BCUT2D eigenvalue weighted by atomic mass is 10.2. The number of rotatable bonds is 3. The molecule has 0 aliphatic carbocycles. The highest BCUT2D eigenvalue weighted by molar-refractivity contribution is 7.80. The highest BCUT2D eigenvalue weighted by atomic mass is 32.1. The van der Waals surface area contributed by atoms with Crippen molar-refractivity contribution in [3.8, 4) is 0 Å². The molecule has 22 heavy (non-hydrogen) atoms. The summed E-state index contributed by atoms with van der Waals surface area (Å²) >= 11 is 5.12. The predicted octanol–water partition coefficient (Wildman–Crippen LogP) is 0.625. The van der Waals surface area contributed by atoms with Gasteiger partial charge in [0, 0.05) is 37.8 Å². The summed E-state index contributed by atoms with van der Waals surface area (Å²) in [5.74, 6) is 0.603. The van der Waals surface area contributed by atoms with Gasteiger partial charge in [-0.25, -0.2) is 20.8 Å². The van der Waals surface area contributed by atoms with Crippen molar-refractivity contribution < 1.29 is 0 Å². The van der Waals surface area contributed by atoms with Gasteiger partial charge >= 0.3 is 0 Å². The lowest BCUT2D eigenvalue weighted by molar-refractivity contribution is 0.729. The van der Waals surface area contributed by atoms with Crippen LogP contribution < -0.4 is 27.0 Å². The number of aromatic nitrogens is 3. The zero-order valence-electron chi connectivity index (χ0n) is 12.8. The maximum atomic E-state index is 5.12. The van der Waals surface area contributed by atoms with E-state index in [1.54, 1.807) is 13.2 Å². The van der Waals surface area contributed by atoms with Crippen molar-refractivity contribution in [2.45, 2.75) is 13.8 Å². The van der Waals surface area contributed by atoms with Gasteiger partial charge in [0.05, 0.1) is 11.9 Å². The van der Waals surface area contributed by atoms with Gasteiger partial charge in [-0.1, -0.05) is 13.8 Å². The third-order valence-electron chi connectivity index (χ3n) is 2.85. The molecule has 3 rings (SSSR count). The van der Waals surface area contributed by atoms with E-state index in [2.05, 4.69) is 37.0 Å². The summed E-state index contributed by atoms with van der Waals surface area (Å²) in [5, 5.41) is 3.43. The minimum Gasteiger partial charge on any atom is -0.328 e. The molecule has 3 heterocycles. The standard InChI is InChI=1S/C11H14N8S.C2H6/c1-12-18-11(20)17-9-10-14-6-8(7-4-15-16-5-7)19(10)3-2-13-9;1-2/h2-4,6,12,15-16H,5H2,1H3,(H2,13,17,18,20);1-2H3. The van der Waals surface area contributed by atoms with Crippen LogP contribution in [0.5, 0.6) is 0 Å². The SMILES string of the molecule is CC.CNNC(=S)Nc1nccn2c(C3=CNNC3)cnc12. The molecule has 5 N–H and O–H groups in total. The summed E-state index contributed by atoms with van der Waals surface area (Å²) < 4.78 is 1.97. The molecule has 0 unspecified atom stereocenters. The van der Waals surface area contributed by atoms with Crippen LogP contribution in [0.4, 0.5) is 5.82 Å². The van der Waals surface area contributed by atoms with Gasteiger partial charge in [0.25, 0.3) is 0 Å². The maximum absolute atomic E-state index is 5.12. The summed E-state index contributed by atoms with van der Waals surface area (Å²) in [6.45, 7) is 4.75. The number of nitrogens with one attached hydrogen (secondary N) is 5. The van der Waals surface area contributed by atoms with Crippen LogP contribution in [0.1, 0.15) is 19.5 Å². The zero-order chi connectivity index (χ0) is 15.9. The van der Waals surface area contributed by atoms with Crippen LogP contribution in [-0.2, 0) is 0 Å². The summed E-state index contributed by atoms with van der Waals surface area (Å²) in [5.41, 5.74) is 14.4.